The number of hydrogen-bond acceptors (Lipinski definition) is 6. The number of fused-ring (bicyclic) bond motifs is 1. The number of nitrogens with zero attached hydrogens (tertiary/aromatic N) is 3. The molecule has 1 aromatic heterocycles. The minimum atomic E-state index is -1.75. The largest absolute Gasteiger partial charge is 0.384 e. The fourth-order valence-corrected chi connectivity index (χ4v) is 4.60. The van der Waals surface area contributed by atoms with E-state index in [1.165, 1.54) is 36.0 Å². The Bertz CT molecular complexity index is 1370. The van der Waals surface area contributed by atoms with Crippen LogP contribution in [0.3, 0.4) is 0 Å². The topological polar surface area (TPSA) is 108 Å². The average Bonchev–Trinajstić information content (AvgIpc) is 2.85. The highest BCUT2D eigenvalue weighted by molar-refractivity contribution is 7.86. The lowest BCUT2D eigenvalue weighted by Gasteiger charge is -2.26. The van der Waals surface area contributed by atoms with E-state index in [0.29, 0.717) is 16.7 Å². The summed E-state index contributed by atoms with van der Waals surface area (Å²) in [7, 11) is -1.75. The Balaban J connectivity index is 1.52. The summed E-state index contributed by atoms with van der Waals surface area (Å²) >= 11 is 0. The van der Waals surface area contributed by atoms with Crippen molar-refractivity contribution in [2.24, 2.45) is 0 Å². The quantitative estimate of drug-likeness (QED) is 0.425. The van der Waals surface area contributed by atoms with Crippen LogP contribution in [0.15, 0.2) is 53.2 Å². The zero-order valence-electron chi connectivity index (χ0n) is 20.1. The summed E-state index contributed by atoms with van der Waals surface area (Å²) in [6.45, 7) is 8.98. The van der Waals surface area contributed by atoms with Gasteiger partial charge in [-0.3, -0.25) is 14.1 Å². The third-order valence-electron chi connectivity index (χ3n) is 6.03. The summed E-state index contributed by atoms with van der Waals surface area (Å²) in [6, 6.07) is 8.49. The van der Waals surface area contributed by atoms with Crippen LogP contribution in [0.2, 0.25) is 0 Å². The highest BCUT2D eigenvalue weighted by Gasteiger charge is 2.15. The monoisotopic (exact) mass is 512 g/mol. The van der Waals surface area contributed by atoms with E-state index in [4.69, 9.17) is 0 Å². The van der Waals surface area contributed by atoms with E-state index in [1.807, 2.05) is 12.1 Å². The predicted octanol–water partition coefficient (Wildman–Crippen LogP) is 3.66. The molecule has 3 N–H and O–H groups in total. The molecule has 4 rings (SSSR count). The summed E-state index contributed by atoms with van der Waals surface area (Å²) in [4.78, 5) is 32.1. The number of nitrogens with one attached hydrogen (secondary N) is 3. The smallest absolute Gasteiger partial charge is 0.331 e. The van der Waals surface area contributed by atoms with Crippen molar-refractivity contribution in [1.82, 2.24) is 19.2 Å². The molecule has 0 aliphatic carbocycles. The van der Waals surface area contributed by atoms with E-state index in [9.17, 15) is 18.2 Å². The fraction of sp³-hybridized carbons (Fsp3) is 0.320. The van der Waals surface area contributed by atoms with Crippen LogP contribution in [-0.4, -0.2) is 50.9 Å². The summed E-state index contributed by atoms with van der Waals surface area (Å²) in [5.74, 6) is -0.392. The molecule has 0 saturated carbocycles. The molecule has 1 aliphatic heterocycles. The maximum atomic E-state index is 15.0. The number of rotatable bonds is 8. The highest BCUT2D eigenvalue weighted by Crippen LogP contribution is 2.21. The Hall–Kier alpha value is -3.57. The van der Waals surface area contributed by atoms with Gasteiger partial charge in [-0.1, -0.05) is 13.0 Å². The number of benzene rings is 2. The summed E-state index contributed by atoms with van der Waals surface area (Å²) < 4.78 is 29.6. The van der Waals surface area contributed by atoms with Crippen molar-refractivity contribution in [3.63, 3.8) is 0 Å². The van der Waals surface area contributed by atoms with Crippen molar-refractivity contribution < 1.29 is 13.4 Å². The van der Waals surface area contributed by atoms with Gasteiger partial charge in [0.25, 0.3) is 5.56 Å². The summed E-state index contributed by atoms with van der Waals surface area (Å²) in [6.07, 6.45) is 3.80. The molecule has 11 heteroatoms. The zero-order chi connectivity index (χ0) is 25.7. The van der Waals surface area contributed by atoms with E-state index >= 15 is 0 Å². The molecule has 1 saturated heterocycles. The van der Waals surface area contributed by atoms with Crippen LogP contribution in [0.4, 0.5) is 20.6 Å². The lowest BCUT2D eigenvalue weighted by Crippen LogP contribution is -2.33. The fourth-order valence-electron chi connectivity index (χ4n) is 4.29. The molecule has 1 atom stereocenters. The van der Waals surface area contributed by atoms with Gasteiger partial charge in [0.2, 0.25) is 0 Å². The van der Waals surface area contributed by atoms with Crippen molar-refractivity contribution in [2.75, 3.05) is 36.8 Å². The third kappa shape index (κ3) is 5.97. The standard InChI is InChI=1S/C25H29FN6O3S/c1-3-36(35)30-25(34)29-19-8-10-23(21(26)15-19)32-17(2)28-22-16-18(7-9-20(22)24(32)33)27-11-14-31-12-5-4-6-13-31/h3,7-10,15-16,27H,1,4-6,11-14H2,2H3,(H2,29,30,34). The number of aryl methyl sites for hydroxylation is 1. The molecule has 3 aromatic rings. The van der Waals surface area contributed by atoms with Crippen molar-refractivity contribution in [3.8, 4) is 5.69 Å². The first kappa shape index (κ1) is 25.5. The minimum Gasteiger partial charge on any atom is -0.384 e. The van der Waals surface area contributed by atoms with E-state index in [-0.39, 0.29) is 11.4 Å². The minimum absolute atomic E-state index is 0.0104. The summed E-state index contributed by atoms with van der Waals surface area (Å²) in [5, 5.41) is 7.21. The van der Waals surface area contributed by atoms with Gasteiger partial charge in [0.05, 0.1) is 16.6 Å². The number of halogens is 1. The Morgan fingerprint density at radius 3 is 2.64 bits per heavy atom. The number of carbonyl (C=O) groups is 1. The molecule has 0 bridgehead atoms. The number of likely N-dealkylation sites (tertiary alicyclic amines) is 1. The van der Waals surface area contributed by atoms with Gasteiger partial charge < -0.3 is 15.5 Å². The van der Waals surface area contributed by atoms with Gasteiger partial charge in [-0.25, -0.2) is 18.4 Å². The van der Waals surface area contributed by atoms with Crippen molar-refractivity contribution in [1.29, 1.82) is 0 Å². The molecule has 2 heterocycles. The second-order valence-electron chi connectivity index (χ2n) is 8.55. The molecule has 9 nitrogen and oxygen atoms in total. The number of anilines is 2. The van der Waals surface area contributed by atoms with E-state index < -0.39 is 28.4 Å². The Morgan fingerprint density at radius 2 is 1.92 bits per heavy atom. The maximum Gasteiger partial charge on any atom is 0.331 e. The highest BCUT2D eigenvalue weighted by atomic mass is 32.2. The third-order valence-corrected chi connectivity index (χ3v) is 6.72. The van der Waals surface area contributed by atoms with Crippen molar-refractivity contribution in [2.45, 2.75) is 26.2 Å². The SMILES string of the molecule is C=CS(=O)NC(=O)Nc1ccc(-n2c(C)nc3cc(NCCN4CCCCC4)ccc3c2=O)c(F)c1. The number of piperidine rings is 1. The Labute approximate surface area is 211 Å². The molecule has 36 heavy (non-hydrogen) atoms. The lowest BCUT2D eigenvalue weighted by atomic mass is 10.1. The molecule has 2 amide bonds. The number of aromatic nitrogens is 2. The van der Waals surface area contributed by atoms with Gasteiger partial charge >= 0.3 is 6.03 Å². The molecule has 190 valence electrons. The van der Waals surface area contributed by atoms with E-state index in [2.05, 4.69) is 31.8 Å². The van der Waals surface area contributed by atoms with Crippen molar-refractivity contribution in [3.05, 3.63) is 70.4 Å². The second-order valence-corrected chi connectivity index (χ2v) is 9.68. The van der Waals surface area contributed by atoms with Crippen LogP contribution in [0.5, 0.6) is 0 Å². The molecule has 2 aromatic carbocycles. The van der Waals surface area contributed by atoms with Gasteiger partial charge in [-0.05, 0) is 69.3 Å². The van der Waals surface area contributed by atoms with Crippen LogP contribution < -0.4 is 20.9 Å². The van der Waals surface area contributed by atoms with Crippen LogP contribution in [0, 0.1) is 12.7 Å². The molecule has 1 unspecified atom stereocenters. The van der Waals surface area contributed by atoms with E-state index in [1.54, 1.807) is 13.0 Å². The average molecular weight is 513 g/mol. The predicted molar refractivity (Wildman–Crippen MR) is 141 cm³/mol. The Morgan fingerprint density at radius 1 is 1.17 bits per heavy atom. The van der Waals surface area contributed by atoms with Crippen molar-refractivity contribution >= 4 is 39.3 Å². The van der Waals surface area contributed by atoms with Crippen LogP contribution in [-0.2, 0) is 11.0 Å². The van der Waals surface area contributed by atoms with Gasteiger partial charge in [-0.2, -0.15) is 0 Å². The number of amides is 2. The second kappa shape index (κ2) is 11.4. The zero-order valence-corrected chi connectivity index (χ0v) is 20.9. The summed E-state index contributed by atoms with van der Waals surface area (Å²) in [5.41, 5.74) is 1.16. The van der Waals surface area contributed by atoms with E-state index in [0.717, 1.165) is 43.3 Å². The first-order chi connectivity index (χ1) is 17.4. The molecule has 0 spiro atoms. The number of hydrogen-bond donors (Lipinski definition) is 3. The molecule has 0 radical (unpaired) electrons. The van der Waals surface area contributed by atoms with Crippen LogP contribution in [0.25, 0.3) is 16.6 Å². The molecule has 1 aliphatic rings. The van der Waals surface area contributed by atoms with Crippen LogP contribution >= 0.6 is 0 Å². The van der Waals surface area contributed by atoms with Gasteiger partial charge in [-0.15, -0.1) is 0 Å². The Kier molecular flexibility index (Phi) is 8.11. The maximum absolute atomic E-state index is 15.0. The first-order valence-corrected chi connectivity index (χ1v) is 13.0. The molecular weight excluding hydrogens is 483 g/mol. The molecular formula is C25H29FN6O3S. The first-order valence-electron chi connectivity index (χ1n) is 11.8. The van der Waals surface area contributed by atoms with Gasteiger partial charge in [0.1, 0.15) is 22.6 Å². The normalized spacial score (nSPS) is 14.8. The van der Waals surface area contributed by atoms with Crippen LogP contribution in [0.1, 0.15) is 25.1 Å². The lowest BCUT2D eigenvalue weighted by molar-refractivity contribution is 0.237. The number of carbonyl (C=O) groups excluding carboxylic acids is 1. The molecule has 1 fully saturated rings. The van der Waals surface area contributed by atoms with Gasteiger partial charge in [0.15, 0.2) is 0 Å². The van der Waals surface area contributed by atoms with Gasteiger partial charge in [0, 0.05) is 29.9 Å². The number of urea groups is 1.